The molecule has 3 rings (SSSR count). The fourth-order valence-electron chi connectivity index (χ4n) is 3.34. The number of aliphatic carboxylic acids is 1. The van der Waals surface area contributed by atoms with Gasteiger partial charge in [-0.15, -0.1) is 11.3 Å². The Labute approximate surface area is 171 Å². The van der Waals surface area contributed by atoms with Gasteiger partial charge in [0.1, 0.15) is 0 Å². The van der Waals surface area contributed by atoms with Crippen LogP contribution in [0.4, 0.5) is 13.2 Å². The highest BCUT2D eigenvalue weighted by Crippen LogP contribution is 2.42. The van der Waals surface area contributed by atoms with E-state index < -0.39 is 29.7 Å². The van der Waals surface area contributed by atoms with Crippen molar-refractivity contribution in [3.8, 4) is 0 Å². The highest BCUT2D eigenvalue weighted by Gasteiger charge is 2.35. The molecule has 1 aromatic heterocycles. The van der Waals surface area contributed by atoms with Gasteiger partial charge in [0.15, 0.2) is 0 Å². The molecule has 0 aliphatic carbocycles. The molecule has 1 atom stereocenters. The summed E-state index contributed by atoms with van der Waals surface area (Å²) >= 11 is 11.1. The second-order valence-corrected chi connectivity index (χ2v) is 9.33. The van der Waals surface area contributed by atoms with Crippen molar-refractivity contribution in [1.29, 1.82) is 0 Å². The molecule has 0 amide bonds. The van der Waals surface area contributed by atoms with Crippen molar-refractivity contribution in [3.05, 3.63) is 55.1 Å². The van der Waals surface area contributed by atoms with Gasteiger partial charge in [-0.2, -0.15) is 13.2 Å². The number of alkyl halides is 3. The lowest BCUT2D eigenvalue weighted by atomic mass is 9.93. The minimum atomic E-state index is -4.46. The normalized spacial score (nSPS) is 17.8. The number of hydrogen-bond donors (Lipinski definition) is 1. The van der Waals surface area contributed by atoms with Crippen LogP contribution in [-0.4, -0.2) is 29.1 Å². The average Bonchev–Trinajstić information content (AvgIpc) is 3.02. The van der Waals surface area contributed by atoms with Crippen molar-refractivity contribution in [2.24, 2.45) is 5.92 Å². The molecule has 2 heterocycles. The fraction of sp³-hybridized carbons (Fsp3) is 0.389. The average molecular weight is 483 g/mol. The van der Waals surface area contributed by atoms with Gasteiger partial charge in [-0.1, -0.05) is 11.6 Å². The van der Waals surface area contributed by atoms with Crippen LogP contribution in [-0.2, 0) is 11.0 Å². The lowest BCUT2D eigenvalue weighted by Gasteiger charge is -2.37. The SMILES string of the molecule is O=C(O)C1CCN(C(c2ccc(Br)s2)c2cc(C(F)(F)F)ccc2Cl)CC1. The molecule has 0 saturated carbocycles. The van der Waals surface area contributed by atoms with Gasteiger partial charge in [0.05, 0.1) is 21.3 Å². The van der Waals surface area contributed by atoms with E-state index in [1.165, 1.54) is 17.4 Å². The number of piperidine rings is 1. The first kappa shape index (κ1) is 20.6. The number of likely N-dealkylation sites (tertiary alicyclic amines) is 1. The smallest absolute Gasteiger partial charge is 0.416 e. The Kier molecular flexibility index (Phi) is 6.20. The maximum absolute atomic E-state index is 13.2. The van der Waals surface area contributed by atoms with E-state index >= 15 is 0 Å². The van der Waals surface area contributed by atoms with Crippen LogP contribution in [0.5, 0.6) is 0 Å². The molecule has 1 saturated heterocycles. The minimum absolute atomic E-state index is 0.262. The third kappa shape index (κ3) is 4.67. The zero-order valence-electron chi connectivity index (χ0n) is 14.0. The molecule has 0 bridgehead atoms. The zero-order chi connectivity index (χ0) is 19.8. The largest absolute Gasteiger partial charge is 0.481 e. The van der Waals surface area contributed by atoms with Crippen LogP contribution in [0, 0.1) is 5.92 Å². The molecular formula is C18H16BrClF3NO2S. The number of rotatable bonds is 4. The summed E-state index contributed by atoms with van der Waals surface area (Å²) < 4.78 is 40.5. The maximum atomic E-state index is 13.2. The third-order valence-electron chi connectivity index (χ3n) is 4.73. The van der Waals surface area contributed by atoms with E-state index in [0.717, 1.165) is 20.8 Å². The quantitative estimate of drug-likeness (QED) is 0.575. The molecule has 2 aromatic rings. The van der Waals surface area contributed by atoms with E-state index in [4.69, 9.17) is 11.6 Å². The molecule has 27 heavy (non-hydrogen) atoms. The van der Waals surface area contributed by atoms with Gasteiger partial charge in [0.25, 0.3) is 0 Å². The first-order chi connectivity index (χ1) is 12.7. The van der Waals surface area contributed by atoms with E-state index in [2.05, 4.69) is 15.9 Å². The van der Waals surface area contributed by atoms with Crippen molar-refractivity contribution in [1.82, 2.24) is 4.90 Å². The lowest BCUT2D eigenvalue weighted by Crippen LogP contribution is -2.39. The lowest BCUT2D eigenvalue weighted by molar-refractivity contribution is -0.143. The van der Waals surface area contributed by atoms with Gasteiger partial charge >= 0.3 is 12.1 Å². The summed E-state index contributed by atoms with van der Waals surface area (Å²) in [7, 11) is 0. The van der Waals surface area contributed by atoms with Crippen LogP contribution in [0.1, 0.15) is 34.9 Å². The number of nitrogens with zero attached hydrogens (tertiary/aromatic N) is 1. The maximum Gasteiger partial charge on any atom is 0.416 e. The Morgan fingerprint density at radius 2 is 1.93 bits per heavy atom. The summed E-state index contributed by atoms with van der Waals surface area (Å²) in [5.74, 6) is -1.25. The monoisotopic (exact) mass is 481 g/mol. The van der Waals surface area contributed by atoms with Crippen molar-refractivity contribution in [2.75, 3.05) is 13.1 Å². The molecule has 1 aliphatic rings. The molecule has 146 valence electrons. The molecule has 0 radical (unpaired) electrons. The number of hydrogen-bond acceptors (Lipinski definition) is 3. The predicted octanol–water partition coefficient (Wildman–Crippen LogP) is 6.07. The van der Waals surface area contributed by atoms with Crippen LogP contribution >= 0.6 is 38.9 Å². The van der Waals surface area contributed by atoms with E-state index in [9.17, 15) is 23.1 Å². The van der Waals surface area contributed by atoms with Gasteiger partial charge in [-0.3, -0.25) is 9.69 Å². The number of benzene rings is 1. The van der Waals surface area contributed by atoms with E-state index in [1.807, 2.05) is 17.0 Å². The minimum Gasteiger partial charge on any atom is -0.481 e. The predicted molar refractivity (Wildman–Crippen MR) is 102 cm³/mol. The summed E-state index contributed by atoms with van der Waals surface area (Å²) in [6.45, 7) is 0.952. The number of carboxylic acid groups (broad SMARTS) is 1. The van der Waals surface area contributed by atoms with Gasteiger partial charge in [0.2, 0.25) is 0 Å². The van der Waals surface area contributed by atoms with Crippen LogP contribution in [0.2, 0.25) is 5.02 Å². The highest BCUT2D eigenvalue weighted by molar-refractivity contribution is 9.11. The number of halogens is 5. The van der Waals surface area contributed by atoms with Crippen molar-refractivity contribution < 1.29 is 23.1 Å². The third-order valence-corrected chi connectivity index (χ3v) is 6.75. The first-order valence-electron chi connectivity index (χ1n) is 8.25. The molecule has 1 N–H and O–H groups in total. The number of carbonyl (C=O) groups is 1. The number of thiophene rings is 1. The Morgan fingerprint density at radius 1 is 1.26 bits per heavy atom. The fourth-order valence-corrected chi connectivity index (χ4v) is 5.14. The molecule has 1 aromatic carbocycles. The van der Waals surface area contributed by atoms with Gasteiger partial charge < -0.3 is 5.11 Å². The van der Waals surface area contributed by atoms with Crippen molar-refractivity contribution in [2.45, 2.75) is 25.1 Å². The van der Waals surface area contributed by atoms with Crippen LogP contribution < -0.4 is 0 Å². The van der Waals surface area contributed by atoms with Gasteiger partial charge in [-0.05, 0) is 77.8 Å². The number of carboxylic acids is 1. The van der Waals surface area contributed by atoms with Gasteiger partial charge in [-0.25, -0.2) is 0 Å². The molecule has 1 unspecified atom stereocenters. The Hall–Kier alpha value is -1.09. The summed E-state index contributed by atoms with van der Waals surface area (Å²) in [6.07, 6.45) is -3.56. The Morgan fingerprint density at radius 3 is 2.44 bits per heavy atom. The summed E-state index contributed by atoms with van der Waals surface area (Å²) in [4.78, 5) is 14.1. The summed E-state index contributed by atoms with van der Waals surface area (Å²) in [6, 6.07) is 6.61. The second kappa shape index (κ2) is 8.11. The van der Waals surface area contributed by atoms with E-state index in [0.29, 0.717) is 31.5 Å². The van der Waals surface area contributed by atoms with Gasteiger partial charge in [0, 0.05) is 9.90 Å². The molecule has 3 nitrogen and oxygen atoms in total. The highest BCUT2D eigenvalue weighted by atomic mass is 79.9. The van der Waals surface area contributed by atoms with Crippen LogP contribution in [0.15, 0.2) is 34.1 Å². The zero-order valence-corrected chi connectivity index (χ0v) is 17.1. The topological polar surface area (TPSA) is 40.5 Å². The summed E-state index contributed by atoms with van der Waals surface area (Å²) in [5, 5.41) is 9.46. The second-order valence-electron chi connectivity index (χ2n) is 6.43. The summed E-state index contributed by atoms with van der Waals surface area (Å²) in [5.41, 5.74) is -0.363. The van der Waals surface area contributed by atoms with Crippen molar-refractivity contribution in [3.63, 3.8) is 0 Å². The first-order valence-corrected chi connectivity index (χ1v) is 10.2. The van der Waals surface area contributed by atoms with Crippen LogP contribution in [0.3, 0.4) is 0 Å². The Bertz CT molecular complexity index is 834. The van der Waals surface area contributed by atoms with E-state index in [1.54, 1.807) is 0 Å². The molecule has 1 aliphatic heterocycles. The molecule has 0 spiro atoms. The van der Waals surface area contributed by atoms with E-state index in [-0.39, 0.29) is 5.02 Å². The molecule has 9 heteroatoms. The Balaban J connectivity index is 2.00. The van der Waals surface area contributed by atoms with Crippen LogP contribution in [0.25, 0.3) is 0 Å². The molecule has 1 fully saturated rings. The molecular weight excluding hydrogens is 467 g/mol. The standard InChI is InChI=1S/C18H16BrClF3NO2S/c19-15-4-3-14(27-15)16(24-7-5-10(6-8-24)17(25)26)12-9-11(18(21,22)23)1-2-13(12)20/h1-4,9-10,16H,5-8H2,(H,25,26). The van der Waals surface area contributed by atoms with Crippen molar-refractivity contribution >= 4 is 44.8 Å².